The van der Waals surface area contributed by atoms with Gasteiger partial charge in [-0.05, 0) is 38.4 Å². The first-order valence-corrected chi connectivity index (χ1v) is 5.34. The standard InChI is InChI=1S/C11H13ClFNO/c1-11(3-2-4-14-11)8-5-7(13)6-9(12)10(8)15/h5-6,14-15H,2-4H2,1H3. The second-order valence-electron chi connectivity index (χ2n) is 4.15. The highest BCUT2D eigenvalue weighted by Crippen LogP contribution is 2.39. The number of benzene rings is 1. The van der Waals surface area contributed by atoms with Gasteiger partial charge < -0.3 is 10.4 Å². The van der Waals surface area contributed by atoms with Gasteiger partial charge in [-0.15, -0.1) is 0 Å². The number of nitrogens with one attached hydrogen (secondary N) is 1. The summed E-state index contributed by atoms with van der Waals surface area (Å²) in [5.74, 6) is -0.433. The number of phenols is 1. The third-order valence-corrected chi connectivity index (χ3v) is 3.28. The molecule has 1 unspecified atom stereocenters. The van der Waals surface area contributed by atoms with Crippen molar-refractivity contribution in [1.29, 1.82) is 0 Å². The molecule has 1 aliphatic heterocycles. The van der Waals surface area contributed by atoms with Gasteiger partial charge in [0, 0.05) is 11.1 Å². The molecule has 2 rings (SSSR count). The molecule has 1 atom stereocenters. The maximum Gasteiger partial charge on any atom is 0.139 e. The number of aromatic hydroxyl groups is 1. The molecular weight excluding hydrogens is 217 g/mol. The predicted octanol–water partition coefficient (Wildman–Crippen LogP) is 2.78. The molecule has 1 aromatic rings. The van der Waals surface area contributed by atoms with Gasteiger partial charge in [-0.25, -0.2) is 4.39 Å². The molecule has 1 aromatic carbocycles. The molecule has 4 heteroatoms. The zero-order valence-corrected chi connectivity index (χ0v) is 9.24. The Hall–Kier alpha value is -0.800. The molecule has 82 valence electrons. The van der Waals surface area contributed by atoms with Crippen molar-refractivity contribution in [2.24, 2.45) is 0 Å². The van der Waals surface area contributed by atoms with Crippen LogP contribution < -0.4 is 5.32 Å². The number of hydrogen-bond donors (Lipinski definition) is 2. The first-order chi connectivity index (χ1) is 7.03. The van der Waals surface area contributed by atoms with Crippen LogP contribution in [0.2, 0.25) is 5.02 Å². The highest BCUT2D eigenvalue weighted by Gasteiger charge is 2.33. The van der Waals surface area contributed by atoms with Crippen LogP contribution in [0.15, 0.2) is 12.1 Å². The average molecular weight is 230 g/mol. The van der Waals surface area contributed by atoms with Gasteiger partial charge in [-0.1, -0.05) is 11.6 Å². The minimum absolute atomic E-state index is 0.0185. The maximum absolute atomic E-state index is 13.2. The summed E-state index contributed by atoms with van der Waals surface area (Å²) in [5, 5.41) is 13.1. The number of phenolic OH excluding ortho intramolecular Hbond substituents is 1. The Morgan fingerprint density at radius 1 is 1.53 bits per heavy atom. The number of halogens is 2. The van der Waals surface area contributed by atoms with Crippen molar-refractivity contribution in [1.82, 2.24) is 5.32 Å². The van der Waals surface area contributed by atoms with Crippen molar-refractivity contribution in [3.63, 3.8) is 0 Å². The van der Waals surface area contributed by atoms with Gasteiger partial charge in [0.2, 0.25) is 0 Å². The van der Waals surface area contributed by atoms with E-state index in [1.807, 2.05) is 6.92 Å². The molecule has 15 heavy (non-hydrogen) atoms. The van der Waals surface area contributed by atoms with Gasteiger partial charge in [0.05, 0.1) is 5.02 Å². The van der Waals surface area contributed by atoms with E-state index < -0.39 is 5.82 Å². The summed E-state index contributed by atoms with van der Waals surface area (Å²) >= 11 is 5.74. The Labute approximate surface area is 93.1 Å². The van der Waals surface area contributed by atoms with Crippen molar-refractivity contribution in [2.45, 2.75) is 25.3 Å². The lowest BCUT2D eigenvalue weighted by Gasteiger charge is -2.26. The van der Waals surface area contributed by atoms with Gasteiger partial charge >= 0.3 is 0 Å². The molecule has 0 aromatic heterocycles. The molecule has 2 N–H and O–H groups in total. The number of rotatable bonds is 1. The van der Waals surface area contributed by atoms with E-state index in [0.29, 0.717) is 5.56 Å². The van der Waals surface area contributed by atoms with Gasteiger partial charge in [-0.3, -0.25) is 0 Å². The fourth-order valence-electron chi connectivity index (χ4n) is 2.11. The number of hydrogen-bond acceptors (Lipinski definition) is 2. The highest BCUT2D eigenvalue weighted by atomic mass is 35.5. The Balaban J connectivity index is 2.51. The lowest BCUT2D eigenvalue weighted by molar-refractivity contribution is 0.391. The molecule has 0 spiro atoms. The minimum Gasteiger partial charge on any atom is -0.506 e. The van der Waals surface area contributed by atoms with Crippen LogP contribution >= 0.6 is 11.6 Å². The lowest BCUT2D eigenvalue weighted by atomic mass is 9.90. The van der Waals surface area contributed by atoms with Crippen LogP contribution in [-0.4, -0.2) is 11.7 Å². The molecule has 1 fully saturated rings. The molecule has 0 aliphatic carbocycles. The first-order valence-electron chi connectivity index (χ1n) is 4.96. The Bertz CT molecular complexity index is 388. The van der Waals surface area contributed by atoms with E-state index in [2.05, 4.69) is 5.32 Å². The molecule has 0 radical (unpaired) electrons. The largest absolute Gasteiger partial charge is 0.506 e. The van der Waals surface area contributed by atoms with E-state index in [-0.39, 0.29) is 16.3 Å². The Morgan fingerprint density at radius 2 is 2.27 bits per heavy atom. The van der Waals surface area contributed by atoms with Crippen molar-refractivity contribution in [3.05, 3.63) is 28.5 Å². The fourth-order valence-corrected chi connectivity index (χ4v) is 2.32. The van der Waals surface area contributed by atoms with E-state index in [1.165, 1.54) is 6.07 Å². The van der Waals surface area contributed by atoms with E-state index in [1.54, 1.807) is 0 Å². The summed E-state index contributed by atoms with van der Waals surface area (Å²) in [6, 6.07) is 2.47. The highest BCUT2D eigenvalue weighted by molar-refractivity contribution is 6.32. The average Bonchev–Trinajstić information content (AvgIpc) is 2.59. The summed E-state index contributed by atoms with van der Waals surface area (Å²) in [5.41, 5.74) is 0.181. The monoisotopic (exact) mass is 229 g/mol. The zero-order chi connectivity index (χ0) is 11.1. The van der Waals surface area contributed by atoms with Crippen LogP contribution in [0.25, 0.3) is 0 Å². The molecule has 0 bridgehead atoms. The quantitative estimate of drug-likeness (QED) is 0.776. The topological polar surface area (TPSA) is 32.3 Å². The van der Waals surface area contributed by atoms with E-state index >= 15 is 0 Å². The third-order valence-electron chi connectivity index (χ3n) is 2.99. The second-order valence-corrected chi connectivity index (χ2v) is 4.55. The normalized spacial score (nSPS) is 25.8. The third kappa shape index (κ3) is 1.82. The summed E-state index contributed by atoms with van der Waals surface area (Å²) in [6.07, 6.45) is 1.89. The molecule has 0 saturated carbocycles. The van der Waals surface area contributed by atoms with E-state index in [0.717, 1.165) is 25.5 Å². The smallest absolute Gasteiger partial charge is 0.139 e. The van der Waals surface area contributed by atoms with Gasteiger partial charge in [-0.2, -0.15) is 0 Å². The maximum atomic E-state index is 13.2. The fraction of sp³-hybridized carbons (Fsp3) is 0.455. The van der Waals surface area contributed by atoms with Crippen LogP contribution in [0.3, 0.4) is 0 Å². The molecule has 2 nitrogen and oxygen atoms in total. The van der Waals surface area contributed by atoms with Crippen LogP contribution in [0.4, 0.5) is 4.39 Å². The Morgan fingerprint density at radius 3 is 2.87 bits per heavy atom. The van der Waals surface area contributed by atoms with Gasteiger partial charge in [0.1, 0.15) is 11.6 Å². The molecule has 1 aliphatic rings. The van der Waals surface area contributed by atoms with Gasteiger partial charge in [0.25, 0.3) is 0 Å². The Kier molecular flexibility index (Phi) is 2.61. The molecule has 1 saturated heterocycles. The zero-order valence-electron chi connectivity index (χ0n) is 8.48. The van der Waals surface area contributed by atoms with Gasteiger partial charge in [0.15, 0.2) is 0 Å². The minimum atomic E-state index is -0.414. The van der Waals surface area contributed by atoms with Crippen molar-refractivity contribution in [2.75, 3.05) is 6.54 Å². The van der Waals surface area contributed by atoms with Crippen molar-refractivity contribution >= 4 is 11.6 Å². The van der Waals surface area contributed by atoms with Crippen LogP contribution in [-0.2, 0) is 5.54 Å². The summed E-state index contributed by atoms with van der Waals surface area (Å²) in [6.45, 7) is 2.83. The van der Waals surface area contributed by atoms with Crippen LogP contribution in [0.1, 0.15) is 25.3 Å². The predicted molar refractivity (Wildman–Crippen MR) is 57.7 cm³/mol. The summed E-state index contributed by atoms with van der Waals surface area (Å²) in [4.78, 5) is 0. The molecule has 1 heterocycles. The summed E-state index contributed by atoms with van der Waals surface area (Å²) < 4.78 is 13.2. The van der Waals surface area contributed by atoms with E-state index in [9.17, 15) is 9.50 Å². The van der Waals surface area contributed by atoms with Crippen LogP contribution in [0, 0.1) is 5.82 Å². The first kappa shape index (κ1) is 10.7. The van der Waals surface area contributed by atoms with E-state index in [4.69, 9.17) is 11.6 Å². The summed E-state index contributed by atoms with van der Waals surface area (Å²) in [7, 11) is 0. The SMILES string of the molecule is CC1(c2cc(F)cc(Cl)c2O)CCCN1. The lowest BCUT2D eigenvalue weighted by Crippen LogP contribution is -2.33. The van der Waals surface area contributed by atoms with Crippen molar-refractivity contribution in [3.8, 4) is 5.75 Å². The second kappa shape index (κ2) is 3.65. The van der Waals surface area contributed by atoms with Crippen LogP contribution in [0.5, 0.6) is 5.75 Å². The molecule has 0 amide bonds. The molecular formula is C11H13ClFNO. The van der Waals surface area contributed by atoms with Crippen molar-refractivity contribution < 1.29 is 9.50 Å².